The summed E-state index contributed by atoms with van der Waals surface area (Å²) in [6.07, 6.45) is 3.13. The summed E-state index contributed by atoms with van der Waals surface area (Å²) < 4.78 is 3.43. The van der Waals surface area contributed by atoms with E-state index >= 15 is 0 Å². The highest BCUT2D eigenvalue weighted by molar-refractivity contribution is 5.85. The van der Waals surface area contributed by atoms with Gasteiger partial charge in [0.2, 0.25) is 0 Å². The molecule has 2 aliphatic rings. The molecule has 0 saturated carbocycles. The number of imidazole rings is 2. The standard InChI is InChI=1S/C22H19N7O2/c1-14-2-4-16(5-3-14)11-29-21-19(27-22(29)30)18-20(24-12-25-21)28(13-26-18)10-15-6-8-17(31-23)9-7-15/h2-9,12-13H,10-11,23H2,1H3. The van der Waals surface area contributed by atoms with Gasteiger partial charge in [-0.05, 0) is 30.2 Å². The van der Waals surface area contributed by atoms with Gasteiger partial charge in [-0.1, -0.05) is 42.0 Å². The van der Waals surface area contributed by atoms with Crippen molar-refractivity contribution in [2.75, 3.05) is 0 Å². The van der Waals surface area contributed by atoms with Gasteiger partial charge in [0.1, 0.15) is 23.3 Å². The van der Waals surface area contributed by atoms with Crippen LogP contribution in [-0.4, -0.2) is 29.1 Å². The van der Waals surface area contributed by atoms with Crippen molar-refractivity contribution in [1.29, 1.82) is 0 Å². The Bertz CT molecular complexity index is 1390. The number of hydrogen-bond donors (Lipinski definition) is 1. The molecule has 1 aromatic heterocycles. The molecule has 0 saturated heterocycles. The van der Waals surface area contributed by atoms with Crippen LogP contribution in [0.25, 0.3) is 22.7 Å². The van der Waals surface area contributed by atoms with Gasteiger partial charge >= 0.3 is 5.69 Å². The molecular weight excluding hydrogens is 394 g/mol. The second-order valence-corrected chi connectivity index (χ2v) is 7.32. The zero-order valence-corrected chi connectivity index (χ0v) is 16.8. The van der Waals surface area contributed by atoms with Gasteiger partial charge < -0.3 is 9.40 Å². The smallest absolute Gasteiger partial charge is 0.350 e. The fourth-order valence-corrected chi connectivity index (χ4v) is 3.53. The Morgan fingerprint density at radius 3 is 2.39 bits per heavy atom. The van der Waals surface area contributed by atoms with E-state index in [2.05, 4.69) is 19.9 Å². The zero-order chi connectivity index (χ0) is 21.4. The van der Waals surface area contributed by atoms with Crippen LogP contribution in [0.3, 0.4) is 0 Å². The van der Waals surface area contributed by atoms with Crippen LogP contribution in [0, 0.1) is 6.92 Å². The molecule has 0 fully saturated rings. The molecule has 0 atom stereocenters. The summed E-state index contributed by atoms with van der Waals surface area (Å²) in [5.74, 6) is 6.22. The van der Waals surface area contributed by atoms with Crippen LogP contribution in [0.4, 0.5) is 0 Å². The third-order valence-electron chi connectivity index (χ3n) is 5.17. The summed E-state index contributed by atoms with van der Waals surface area (Å²) >= 11 is 0. The van der Waals surface area contributed by atoms with Crippen molar-refractivity contribution in [3.05, 3.63) is 88.4 Å². The first-order chi connectivity index (χ1) is 15.1. The fraction of sp³-hybridized carbons (Fsp3) is 0.136. The van der Waals surface area contributed by atoms with E-state index in [4.69, 9.17) is 10.7 Å². The highest BCUT2D eigenvalue weighted by Crippen LogP contribution is 2.24. The maximum absolute atomic E-state index is 12.6. The van der Waals surface area contributed by atoms with Crippen molar-refractivity contribution in [2.24, 2.45) is 5.90 Å². The second-order valence-electron chi connectivity index (χ2n) is 7.32. The fourth-order valence-electron chi connectivity index (χ4n) is 3.53. The Labute approximate surface area is 177 Å². The Morgan fingerprint density at radius 2 is 1.65 bits per heavy atom. The zero-order valence-electron chi connectivity index (χ0n) is 16.8. The minimum absolute atomic E-state index is 0.359. The van der Waals surface area contributed by atoms with Gasteiger partial charge in [0.15, 0.2) is 11.5 Å². The van der Waals surface area contributed by atoms with Crippen molar-refractivity contribution >= 4 is 11.2 Å². The first-order valence-electron chi connectivity index (χ1n) is 9.70. The Hall–Kier alpha value is -4.11. The lowest BCUT2D eigenvalue weighted by Crippen LogP contribution is -2.17. The van der Waals surface area contributed by atoms with E-state index in [1.165, 1.54) is 6.33 Å². The van der Waals surface area contributed by atoms with Gasteiger partial charge in [-0.15, -0.1) is 0 Å². The Kier molecular flexibility index (Phi) is 4.64. The van der Waals surface area contributed by atoms with Crippen LogP contribution in [0.15, 0.2) is 66.0 Å². The van der Waals surface area contributed by atoms with Crippen molar-refractivity contribution in [3.8, 4) is 17.3 Å². The summed E-state index contributed by atoms with van der Waals surface area (Å²) in [4.78, 5) is 35.0. The SMILES string of the molecule is Cc1ccc(Cn2c3ncnc4c(ncn4Cc4ccc(ON)cc4)c-3nc2=O)cc1. The number of fused-ring (bicyclic) bond motifs is 3. The predicted molar refractivity (Wildman–Crippen MR) is 115 cm³/mol. The summed E-state index contributed by atoms with van der Waals surface area (Å²) in [7, 11) is 0. The molecular formula is C22H19N7O2. The summed E-state index contributed by atoms with van der Waals surface area (Å²) in [5.41, 5.74) is 4.39. The van der Waals surface area contributed by atoms with Crippen LogP contribution in [0.2, 0.25) is 0 Å². The van der Waals surface area contributed by atoms with E-state index in [0.717, 1.165) is 16.7 Å². The topological polar surface area (TPSA) is 114 Å². The number of rotatable bonds is 5. The second kappa shape index (κ2) is 7.62. The number of nitrogens with two attached hydrogens (primary N) is 1. The number of benzene rings is 2. The first kappa shape index (κ1) is 18.9. The predicted octanol–water partition coefficient (Wildman–Crippen LogP) is 2.15. The average molecular weight is 413 g/mol. The van der Waals surface area contributed by atoms with Gasteiger partial charge in [-0.25, -0.2) is 19.7 Å². The van der Waals surface area contributed by atoms with Crippen LogP contribution in [0.5, 0.6) is 5.75 Å². The molecule has 154 valence electrons. The average Bonchev–Trinajstić information content (AvgIpc) is 3.25. The molecule has 3 heterocycles. The molecule has 9 nitrogen and oxygen atoms in total. The molecule has 0 bridgehead atoms. The molecule has 31 heavy (non-hydrogen) atoms. The van der Waals surface area contributed by atoms with Crippen molar-refractivity contribution < 1.29 is 4.84 Å². The van der Waals surface area contributed by atoms with E-state index in [9.17, 15) is 4.79 Å². The van der Waals surface area contributed by atoms with E-state index in [1.54, 1.807) is 23.0 Å². The molecule has 0 radical (unpaired) electrons. The molecule has 0 unspecified atom stereocenters. The normalized spacial score (nSPS) is 11.3. The van der Waals surface area contributed by atoms with E-state index in [1.807, 2.05) is 47.9 Å². The van der Waals surface area contributed by atoms with Gasteiger partial charge in [0.05, 0.1) is 19.4 Å². The monoisotopic (exact) mass is 413 g/mol. The lowest BCUT2D eigenvalue weighted by Gasteiger charge is -2.04. The largest absolute Gasteiger partial charge is 0.412 e. The minimum Gasteiger partial charge on any atom is -0.412 e. The molecule has 3 aromatic rings. The number of nitrogens with zero attached hydrogens (tertiary/aromatic N) is 6. The molecule has 2 N–H and O–H groups in total. The summed E-state index contributed by atoms with van der Waals surface area (Å²) in [6.45, 7) is 2.94. The van der Waals surface area contributed by atoms with Gasteiger partial charge in [0, 0.05) is 0 Å². The molecule has 2 aromatic carbocycles. The Morgan fingerprint density at radius 1 is 0.935 bits per heavy atom. The molecule has 2 aliphatic heterocycles. The van der Waals surface area contributed by atoms with Crippen molar-refractivity contribution in [3.63, 3.8) is 0 Å². The lowest BCUT2D eigenvalue weighted by molar-refractivity contribution is 0.334. The third kappa shape index (κ3) is 3.51. The molecule has 0 aliphatic carbocycles. The number of aryl methyl sites for hydroxylation is 1. The minimum atomic E-state index is -0.359. The van der Waals surface area contributed by atoms with E-state index in [0.29, 0.717) is 41.5 Å². The van der Waals surface area contributed by atoms with Crippen LogP contribution in [-0.2, 0) is 13.1 Å². The quantitative estimate of drug-likeness (QED) is 0.439. The van der Waals surface area contributed by atoms with Crippen LogP contribution in [0.1, 0.15) is 16.7 Å². The maximum Gasteiger partial charge on any atom is 0.350 e. The van der Waals surface area contributed by atoms with Crippen LogP contribution < -0.4 is 16.4 Å². The third-order valence-corrected chi connectivity index (χ3v) is 5.17. The van der Waals surface area contributed by atoms with Gasteiger partial charge in [-0.3, -0.25) is 4.57 Å². The van der Waals surface area contributed by atoms with Gasteiger partial charge in [0.25, 0.3) is 0 Å². The maximum atomic E-state index is 12.6. The Balaban J connectivity index is 1.53. The highest BCUT2D eigenvalue weighted by atomic mass is 16.6. The van der Waals surface area contributed by atoms with Crippen LogP contribution >= 0.6 is 0 Å². The van der Waals surface area contributed by atoms with E-state index < -0.39 is 0 Å². The molecule has 0 spiro atoms. The molecule has 9 heteroatoms. The summed E-state index contributed by atoms with van der Waals surface area (Å²) in [6, 6.07) is 15.4. The molecule has 5 rings (SSSR count). The van der Waals surface area contributed by atoms with Crippen molar-refractivity contribution in [2.45, 2.75) is 20.0 Å². The highest BCUT2D eigenvalue weighted by Gasteiger charge is 2.21. The van der Waals surface area contributed by atoms with Gasteiger partial charge in [-0.2, -0.15) is 10.9 Å². The van der Waals surface area contributed by atoms with Crippen molar-refractivity contribution in [1.82, 2.24) is 29.1 Å². The lowest BCUT2D eigenvalue weighted by atomic mass is 10.1. The van der Waals surface area contributed by atoms with E-state index in [-0.39, 0.29) is 5.69 Å². The number of aromatic nitrogens is 6. The molecule has 0 amide bonds. The summed E-state index contributed by atoms with van der Waals surface area (Å²) in [5, 5.41) is 0. The number of hydrogen-bond acceptors (Lipinski definition) is 7. The first-order valence-corrected chi connectivity index (χ1v) is 9.70.